The second-order valence-corrected chi connectivity index (χ2v) is 1.89. The van der Waals surface area contributed by atoms with Crippen molar-refractivity contribution in [3.63, 3.8) is 0 Å². The molecule has 0 aliphatic carbocycles. The number of nitrogens with zero attached hydrogens (tertiary/aromatic N) is 2. The number of nitrogens with two attached hydrogens (primary N) is 1. The Morgan fingerprint density at radius 3 is 3.10 bits per heavy atom. The third-order valence-corrected chi connectivity index (χ3v) is 1.25. The third-order valence-electron chi connectivity index (χ3n) is 1.25. The van der Waals surface area contributed by atoms with Crippen LogP contribution in [0.4, 0.5) is 5.82 Å². The highest BCUT2D eigenvalue weighted by atomic mass is 16.3. The lowest BCUT2D eigenvalue weighted by Gasteiger charge is -1.92. The maximum absolute atomic E-state index is 5.43. The van der Waals surface area contributed by atoms with Gasteiger partial charge in [0.05, 0.1) is 12.4 Å². The van der Waals surface area contributed by atoms with E-state index >= 15 is 0 Å². The first-order valence-corrected chi connectivity index (χ1v) is 2.81. The van der Waals surface area contributed by atoms with Gasteiger partial charge in [0.15, 0.2) is 11.6 Å². The highest BCUT2D eigenvalue weighted by Crippen LogP contribution is 2.23. The van der Waals surface area contributed by atoms with Gasteiger partial charge in [0, 0.05) is 0 Å². The summed E-state index contributed by atoms with van der Waals surface area (Å²) >= 11 is 0. The van der Waals surface area contributed by atoms with E-state index in [0.29, 0.717) is 17.3 Å². The number of rotatable bonds is 0. The summed E-state index contributed by atoms with van der Waals surface area (Å²) in [6.45, 7) is 0. The quantitative estimate of drug-likeness (QED) is 0.579. The van der Waals surface area contributed by atoms with Crippen molar-refractivity contribution in [3.05, 3.63) is 18.7 Å². The van der Waals surface area contributed by atoms with Crippen LogP contribution in [0.15, 0.2) is 23.1 Å². The highest BCUT2D eigenvalue weighted by Gasteiger charge is 2.10. The number of hydrogen-bond donors (Lipinski definition) is 1. The average molecular weight is 135 g/mol. The molecule has 2 rings (SSSR count). The molecule has 50 valence electrons. The van der Waals surface area contributed by atoms with Gasteiger partial charge in [-0.05, 0) is 0 Å². The van der Waals surface area contributed by atoms with Crippen LogP contribution in [0.25, 0.3) is 11.5 Å². The van der Waals surface area contributed by atoms with E-state index in [4.69, 9.17) is 10.2 Å². The van der Waals surface area contributed by atoms with Gasteiger partial charge in [-0.1, -0.05) is 0 Å². The van der Waals surface area contributed by atoms with Crippen molar-refractivity contribution in [1.82, 2.24) is 9.97 Å². The molecule has 0 aromatic carbocycles. The number of anilines is 1. The van der Waals surface area contributed by atoms with E-state index in [9.17, 15) is 0 Å². The van der Waals surface area contributed by atoms with E-state index in [1.54, 1.807) is 12.4 Å². The molecule has 0 bridgehead atoms. The first-order valence-electron chi connectivity index (χ1n) is 2.81. The van der Waals surface area contributed by atoms with Crippen molar-refractivity contribution in [3.8, 4) is 11.5 Å². The zero-order chi connectivity index (χ0) is 6.97. The predicted octanol–water partition coefficient (Wildman–Crippen LogP) is 0.757. The molecule has 0 fully saturated rings. The van der Waals surface area contributed by atoms with Crippen LogP contribution < -0.4 is 5.73 Å². The summed E-state index contributed by atoms with van der Waals surface area (Å²) in [5.74, 6) is 0.950. The number of nitrogen functional groups attached to an aromatic ring is 1. The fourth-order valence-corrected chi connectivity index (χ4v) is 0.801. The fraction of sp³-hybridized carbons (Fsp3) is 0. The van der Waals surface area contributed by atoms with Gasteiger partial charge in [0.2, 0.25) is 0 Å². The van der Waals surface area contributed by atoms with Crippen molar-refractivity contribution in [2.75, 3.05) is 5.73 Å². The van der Waals surface area contributed by atoms with E-state index in [0.717, 1.165) is 0 Å². The lowest BCUT2D eigenvalue weighted by molar-refractivity contribution is 0.560. The summed E-state index contributed by atoms with van der Waals surface area (Å²) in [6.07, 6.45) is 4.61. The van der Waals surface area contributed by atoms with Crippen molar-refractivity contribution < 1.29 is 4.42 Å². The molecule has 0 radical (unpaired) electrons. The Balaban J connectivity index is 2.78. The van der Waals surface area contributed by atoms with Crippen LogP contribution in [-0.2, 0) is 0 Å². The Bertz CT molecular complexity index is 317. The molecule has 0 aromatic rings. The molecule has 0 unspecified atom stereocenters. The Kier molecular flexibility index (Phi) is 0.887. The lowest BCUT2D eigenvalue weighted by Crippen LogP contribution is -1.86. The molecule has 0 saturated heterocycles. The Morgan fingerprint density at radius 1 is 1.40 bits per heavy atom. The SMILES string of the molecule is Nc1ncc2nccoc1-2. The molecule has 4 heteroatoms. The molecule has 2 aliphatic rings. The first-order chi connectivity index (χ1) is 4.88. The highest BCUT2D eigenvalue weighted by molar-refractivity contribution is 5.66. The average Bonchev–Trinajstić information content (AvgIpc) is 2.34. The summed E-state index contributed by atoms with van der Waals surface area (Å²) < 4.78 is 5.03. The number of hydrogen-bond acceptors (Lipinski definition) is 4. The van der Waals surface area contributed by atoms with E-state index in [2.05, 4.69) is 9.97 Å². The summed E-state index contributed by atoms with van der Waals surface area (Å²) in [4.78, 5) is 7.78. The largest absolute Gasteiger partial charge is 0.457 e. The summed E-state index contributed by atoms with van der Waals surface area (Å²) in [6, 6.07) is 0. The normalized spacial score (nSPS) is 10.4. The summed E-state index contributed by atoms with van der Waals surface area (Å²) in [7, 11) is 0. The van der Waals surface area contributed by atoms with Crippen LogP contribution in [0.2, 0.25) is 0 Å². The number of aromatic nitrogens is 2. The van der Waals surface area contributed by atoms with Gasteiger partial charge < -0.3 is 10.2 Å². The zero-order valence-corrected chi connectivity index (χ0v) is 5.11. The van der Waals surface area contributed by atoms with Crippen LogP contribution in [0.5, 0.6) is 0 Å². The minimum Gasteiger partial charge on any atom is -0.457 e. The molecule has 0 saturated carbocycles. The van der Waals surface area contributed by atoms with Gasteiger partial charge in [-0.3, -0.25) is 0 Å². The van der Waals surface area contributed by atoms with Crippen LogP contribution in [0.3, 0.4) is 0 Å². The molecule has 0 atom stereocenters. The van der Waals surface area contributed by atoms with Gasteiger partial charge in [0.1, 0.15) is 12.0 Å². The van der Waals surface area contributed by atoms with Gasteiger partial charge in [-0.2, -0.15) is 0 Å². The van der Waals surface area contributed by atoms with Crippen LogP contribution >= 0.6 is 0 Å². The topological polar surface area (TPSA) is 64.9 Å². The molecule has 2 heterocycles. The van der Waals surface area contributed by atoms with Gasteiger partial charge in [-0.15, -0.1) is 0 Å². The standard InChI is InChI=1S/C6H5N3O/c7-6-5-4(3-9-6)8-1-2-10-5/h1-3H,7H2. The second-order valence-electron chi connectivity index (χ2n) is 1.89. The van der Waals surface area contributed by atoms with Crippen molar-refractivity contribution >= 4 is 5.82 Å². The van der Waals surface area contributed by atoms with E-state index in [1.165, 1.54) is 6.26 Å². The Labute approximate surface area is 57.0 Å². The third kappa shape index (κ3) is 0.556. The lowest BCUT2D eigenvalue weighted by atomic mass is 10.4. The molecular formula is C6H5N3O. The molecule has 2 aliphatic heterocycles. The van der Waals surface area contributed by atoms with Gasteiger partial charge >= 0.3 is 0 Å². The number of fused-ring (bicyclic) bond motifs is 1. The van der Waals surface area contributed by atoms with E-state index in [-0.39, 0.29) is 0 Å². The van der Waals surface area contributed by atoms with Crippen molar-refractivity contribution in [1.29, 1.82) is 0 Å². The molecule has 0 amide bonds. The smallest absolute Gasteiger partial charge is 0.195 e. The molecular weight excluding hydrogens is 130 g/mol. The molecule has 0 aromatic heterocycles. The molecule has 0 spiro atoms. The van der Waals surface area contributed by atoms with Gasteiger partial charge in [-0.25, -0.2) is 9.97 Å². The molecule has 2 N–H and O–H groups in total. The summed E-state index contributed by atoms with van der Waals surface area (Å²) in [5, 5.41) is 0. The van der Waals surface area contributed by atoms with Crippen LogP contribution in [-0.4, -0.2) is 9.97 Å². The minimum absolute atomic E-state index is 0.392. The van der Waals surface area contributed by atoms with E-state index < -0.39 is 0 Å². The summed E-state index contributed by atoms with van der Waals surface area (Å²) in [5.41, 5.74) is 6.13. The molecule has 10 heavy (non-hydrogen) atoms. The van der Waals surface area contributed by atoms with Crippen LogP contribution in [0.1, 0.15) is 0 Å². The Hall–Kier alpha value is -1.58. The maximum atomic E-state index is 5.43. The van der Waals surface area contributed by atoms with E-state index in [1.807, 2.05) is 0 Å². The predicted molar refractivity (Wildman–Crippen MR) is 35.3 cm³/mol. The maximum Gasteiger partial charge on any atom is 0.195 e. The Morgan fingerprint density at radius 2 is 2.30 bits per heavy atom. The minimum atomic E-state index is 0.392. The van der Waals surface area contributed by atoms with Gasteiger partial charge in [0.25, 0.3) is 0 Å². The van der Waals surface area contributed by atoms with Crippen molar-refractivity contribution in [2.24, 2.45) is 0 Å². The second kappa shape index (κ2) is 1.70. The monoisotopic (exact) mass is 135 g/mol. The van der Waals surface area contributed by atoms with Crippen molar-refractivity contribution in [2.45, 2.75) is 0 Å². The fourth-order valence-electron chi connectivity index (χ4n) is 0.801. The zero-order valence-electron chi connectivity index (χ0n) is 5.11. The first kappa shape index (κ1) is 5.22. The molecule has 4 nitrogen and oxygen atoms in total. The van der Waals surface area contributed by atoms with Crippen LogP contribution in [0, 0.1) is 0 Å².